The molecule has 0 saturated heterocycles. The van der Waals surface area contributed by atoms with Crippen molar-refractivity contribution in [2.24, 2.45) is 0 Å². The Morgan fingerprint density at radius 3 is 2.33 bits per heavy atom. The molecule has 72 valence electrons. The standard InChI is InChI=1S/C9H17BrO2/c1-7(10)5-6-8(11)12-9(2,3)4/h7H,5-6H2,1-4H3. The molecule has 0 aliphatic carbocycles. The second kappa shape index (κ2) is 4.85. The molecule has 1 unspecified atom stereocenters. The van der Waals surface area contributed by atoms with Crippen LogP contribution in [0.4, 0.5) is 0 Å². The van der Waals surface area contributed by atoms with E-state index in [4.69, 9.17) is 4.74 Å². The van der Waals surface area contributed by atoms with Gasteiger partial charge in [0, 0.05) is 11.2 Å². The first-order chi connectivity index (χ1) is 5.31. The summed E-state index contributed by atoms with van der Waals surface area (Å²) in [6.45, 7) is 7.65. The molecule has 0 N–H and O–H groups in total. The number of rotatable bonds is 3. The Morgan fingerprint density at radius 2 is 2.00 bits per heavy atom. The zero-order chi connectivity index (χ0) is 9.78. The van der Waals surface area contributed by atoms with Gasteiger partial charge in [0.1, 0.15) is 5.60 Å². The minimum Gasteiger partial charge on any atom is -0.460 e. The van der Waals surface area contributed by atoms with Crippen molar-refractivity contribution in [1.29, 1.82) is 0 Å². The van der Waals surface area contributed by atoms with E-state index in [-0.39, 0.29) is 11.6 Å². The van der Waals surface area contributed by atoms with E-state index < -0.39 is 0 Å². The Labute approximate surface area is 82.8 Å². The molecule has 0 aliphatic heterocycles. The van der Waals surface area contributed by atoms with Gasteiger partial charge in [-0.25, -0.2) is 0 Å². The molecule has 0 aromatic heterocycles. The topological polar surface area (TPSA) is 26.3 Å². The quantitative estimate of drug-likeness (QED) is 0.557. The first-order valence-corrected chi connectivity index (χ1v) is 5.09. The van der Waals surface area contributed by atoms with Crippen LogP contribution >= 0.6 is 15.9 Å². The highest BCUT2D eigenvalue weighted by atomic mass is 79.9. The SMILES string of the molecule is CC(Br)CCC(=O)OC(C)(C)C. The first-order valence-electron chi connectivity index (χ1n) is 4.17. The van der Waals surface area contributed by atoms with Crippen molar-refractivity contribution in [1.82, 2.24) is 0 Å². The molecule has 0 amide bonds. The van der Waals surface area contributed by atoms with Crippen LogP contribution in [0.3, 0.4) is 0 Å². The molecular weight excluding hydrogens is 220 g/mol. The first kappa shape index (κ1) is 11.9. The van der Waals surface area contributed by atoms with Crippen LogP contribution < -0.4 is 0 Å². The monoisotopic (exact) mass is 236 g/mol. The third-order valence-electron chi connectivity index (χ3n) is 1.17. The molecule has 0 saturated carbocycles. The van der Waals surface area contributed by atoms with Gasteiger partial charge in [0.15, 0.2) is 0 Å². The number of esters is 1. The largest absolute Gasteiger partial charge is 0.460 e. The predicted molar refractivity (Wildman–Crippen MR) is 53.5 cm³/mol. The van der Waals surface area contributed by atoms with Gasteiger partial charge in [-0.05, 0) is 27.2 Å². The van der Waals surface area contributed by atoms with E-state index in [1.807, 2.05) is 27.7 Å². The highest BCUT2D eigenvalue weighted by Crippen LogP contribution is 2.12. The van der Waals surface area contributed by atoms with Crippen LogP contribution in [0.5, 0.6) is 0 Å². The van der Waals surface area contributed by atoms with Crippen molar-refractivity contribution >= 4 is 21.9 Å². The molecule has 0 aromatic rings. The fraction of sp³-hybridized carbons (Fsp3) is 0.889. The molecule has 0 radical (unpaired) electrons. The minimum absolute atomic E-state index is 0.117. The zero-order valence-electron chi connectivity index (χ0n) is 8.19. The van der Waals surface area contributed by atoms with Crippen molar-refractivity contribution in [2.75, 3.05) is 0 Å². The molecule has 0 aromatic carbocycles. The zero-order valence-corrected chi connectivity index (χ0v) is 9.77. The predicted octanol–water partition coefficient (Wildman–Crippen LogP) is 2.89. The van der Waals surface area contributed by atoms with Crippen LogP contribution in [0.15, 0.2) is 0 Å². The number of hydrogen-bond donors (Lipinski definition) is 0. The van der Waals surface area contributed by atoms with Gasteiger partial charge in [-0.1, -0.05) is 22.9 Å². The Bertz CT molecular complexity index is 147. The summed E-state index contributed by atoms with van der Waals surface area (Å²) in [5, 5.41) is 0. The smallest absolute Gasteiger partial charge is 0.306 e. The molecule has 3 heteroatoms. The third-order valence-corrected chi connectivity index (χ3v) is 1.62. The number of carbonyl (C=O) groups excluding carboxylic acids is 1. The number of alkyl halides is 1. The lowest BCUT2D eigenvalue weighted by molar-refractivity contribution is -0.154. The van der Waals surface area contributed by atoms with Gasteiger partial charge in [0.2, 0.25) is 0 Å². The lowest BCUT2D eigenvalue weighted by Gasteiger charge is -2.19. The number of carbonyl (C=O) groups is 1. The van der Waals surface area contributed by atoms with E-state index in [2.05, 4.69) is 15.9 Å². The van der Waals surface area contributed by atoms with Crippen LogP contribution in [0.25, 0.3) is 0 Å². The molecule has 0 spiro atoms. The summed E-state index contributed by atoms with van der Waals surface area (Å²) >= 11 is 3.37. The van der Waals surface area contributed by atoms with Crippen LogP contribution in [-0.4, -0.2) is 16.4 Å². The second-order valence-electron chi connectivity index (χ2n) is 3.91. The fourth-order valence-electron chi connectivity index (χ4n) is 0.709. The molecule has 2 nitrogen and oxygen atoms in total. The van der Waals surface area contributed by atoms with Gasteiger partial charge in [-0.2, -0.15) is 0 Å². The highest BCUT2D eigenvalue weighted by molar-refractivity contribution is 9.09. The molecular formula is C9H17BrO2. The van der Waals surface area contributed by atoms with Crippen molar-refractivity contribution in [2.45, 2.75) is 51.0 Å². The fourth-order valence-corrected chi connectivity index (χ4v) is 0.938. The number of ether oxygens (including phenoxy) is 1. The summed E-state index contributed by atoms with van der Waals surface area (Å²) in [7, 11) is 0. The Morgan fingerprint density at radius 1 is 1.50 bits per heavy atom. The molecule has 0 fully saturated rings. The van der Waals surface area contributed by atoms with Gasteiger partial charge in [-0.15, -0.1) is 0 Å². The van der Waals surface area contributed by atoms with E-state index in [0.717, 1.165) is 6.42 Å². The van der Waals surface area contributed by atoms with Gasteiger partial charge < -0.3 is 4.74 Å². The summed E-state index contributed by atoms with van der Waals surface area (Å²) in [6.07, 6.45) is 1.32. The van der Waals surface area contributed by atoms with Gasteiger partial charge in [-0.3, -0.25) is 4.79 Å². The molecule has 1 atom stereocenters. The van der Waals surface area contributed by atoms with Gasteiger partial charge in [0.05, 0.1) is 0 Å². The summed E-state index contributed by atoms with van der Waals surface area (Å²) < 4.78 is 5.13. The maximum Gasteiger partial charge on any atom is 0.306 e. The Hall–Kier alpha value is -0.0500. The second-order valence-corrected chi connectivity index (χ2v) is 5.47. The van der Waals surface area contributed by atoms with E-state index in [1.165, 1.54) is 0 Å². The summed E-state index contributed by atoms with van der Waals surface area (Å²) in [5.41, 5.74) is -0.355. The van der Waals surface area contributed by atoms with Crippen LogP contribution in [0, 0.1) is 0 Å². The minimum atomic E-state index is -0.355. The average molecular weight is 237 g/mol. The van der Waals surface area contributed by atoms with E-state index >= 15 is 0 Å². The molecule has 0 rings (SSSR count). The molecule has 0 aliphatic rings. The number of hydrogen-bond acceptors (Lipinski definition) is 2. The van der Waals surface area contributed by atoms with Crippen LogP contribution in [0.2, 0.25) is 0 Å². The molecule has 12 heavy (non-hydrogen) atoms. The summed E-state index contributed by atoms with van der Waals surface area (Å²) in [5.74, 6) is -0.117. The van der Waals surface area contributed by atoms with Crippen molar-refractivity contribution in [3.63, 3.8) is 0 Å². The number of halogens is 1. The Balaban J connectivity index is 3.61. The summed E-state index contributed by atoms with van der Waals surface area (Å²) in [4.78, 5) is 11.5. The molecule has 0 bridgehead atoms. The maximum absolute atomic E-state index is 11.1. The van der Waals surface area contributed by atoms with E-state index in [9.17, 15) is 4.79 Å². The molecule has 0 heterocycles. The lowest BCUT2D eigenvalue weighted by atomic mass is 10.2. The van der Waals surface area contributed by atoms with E-state index in [1.54, 1.807) is 0 Å². The third kappa shape index (κ3) is 8.05. The maximum atomic E-state index is 11.1. The van der Waals surface area contributed by atoms with Gasteiger partial charge >= 0.3 is 5.97 Å². The van der Waals surface area contributed by atoms with Crippen LogP contribution in [-0.2, 0) is 9.53 Å². The average Bonchev–Trinajstić information content (AvgIpc) is 1.79. The van der Waals surface area contributed by atoms with Gasteiger partial charge in [0.25, 0.3) is 0 Å². The lowest BCUT2D eigenvalue weighted by Crippen LogP contribution is -2.23. The van der Waals surface area contributed by atoms with Crippen LogP contribution in [0.1, 0.15) is 40.5 Å². The van der Waals surface area contributed by atoms with Crippen molar-refractivity contribution in [3.05, 3.63) is 0 Å². The van der Waals surface area contributed by atoms with Crippen molar-refractivity contribution in [3.8, 4) is 0 Å². The van der Waals surface area contributed by atoms with Crippen molar-refractivity contribution < 1.29 is 9.53 Å². The Kier molecular flexibility index (Phi) is 4.83. The van der Waals surface area contributed by atoms with E-state index in [0.29, 0.717) is 11.2 Å². The normalized spacial score (nSPS) is 14.1. The highest BCUT2D eigenvalue weighted by Gasteiger charge is 2.15. The summed E-state index contributed by atoms with van der Waals surface area (Å²) in [6, 6.07) is 0.